The van der Waals surface area contributed by atoms with Crippen molar-refractivity contribution in [2.75, 3.05) is 49.9 Å². The summed E-state index contributed by atoms with van der Waals surface area (Å²) >= 11 is 0. The van der Waals surface area contributed by atoms with Crippen molar-refractivity contribution in [3.05, 3.63) is 59.2 Å². The number of amides is 2. The van der Waals surface area contributed by atoms with Crippen LogP contribution in [0.15, 0.2) is 42.5 Å². The summed E-state index contributed by atoms with van der Waals surface area (Å²) in [7, 11) is 0. The molecule has 1 fully saturated rings. The monoisotopic (exact) mass is 378 g/mol. The van der Waals surface area contributed by atoms with Gasteiger partial charge in [-0.05, 0) is 42.7 Å². The molecule has 0 radical (unpaired) electrons. The van der Waals surface area contributed by atoms with E-state index in [9.17, 15) is 9.59 Å². The van der Waals surface area contributed by atoms with E-state index in [4.69, 9.17) is 5.73 Å². The van der Waals surface area contributed by atoms with Gasteiger partial charge in [0.1, 0.15) is 0 Å². The Balaban J connectivity index is 1.34. The number of anilines is 2. The molecule has 0 unspecified atom stereocenters. The molecule has 0 aromatic heterocycles. The van der Waals surface area contributed by atoms with E-state index in [1.54, 1.807) is 6.07 Å². The van der Waals surface area contributed by atoms with Crippen molar-refractivity contribution < 1.29 is 9.59 Å². The maximum atomic E-state index is 12.8. The molecule has 2 heterocycles. The van der Waals surface area contributed by atoms with Crippen LogP contribution in [0.25, 0.3) is 0 Å². The number of nitrogens with zero attached hydrogens (tertiary/aromatic N) is 3. The molecule has 0 bridgehead atoms. The van der Waals surface area contributed by atoms with Crippen molar-refractivity contribution in [3.63, 3.8) is 0 Å². The molecule has 2 N–H and O–H groups in total. The zero-order valence-corrected chi connectivity index (χ0v) is 16.2. The zero-order valence-electron chi connectivity index (χ0n) is 16.2. The molecule has 4 rings (SSSR count). The molecule has 2 aromatic carbocycles. The highest BCUT2D eigenvalue weighted by molar-refractivity contribution is 5.97. The van der Waals surface area contributed by atoms with E-state index in [0.29, 0.717) is 44.0 Å². The topological polar surface area (TPSA) is 69.9 Å². The number of carbonyl (C=O) groups is 2. The van der Waals surface area contributed by atoms with Crippen molar-refractivity contribution >= 4 is 23.2 Å². The fourth-order valence-electron chi connectivity index (χ4n) is 4.02. The number of hydrogen-bond donors (Lipinski definition) is 1. The van der Waals surface area contributed by atoms with Crippen LogP contribution < -0.4 is 10.6 Å². The Kier molecular flexibility index (Phi) is 5.05. The van der Waals surface area contributed by atoms with Gasteiger partial charge in [0, 0.05) is 49.7 Å². The minimum atomic E-state index is 0.0178. The van der Waals surface area contributed by atoms with Crippen LogP contribution in [0.1, 0.15) is 21.5 Å². The molecule has 146 valence electrons. The summed E-state index contributed by atoms with van der Waals surface area (Å²) in [6, 6.07) is 13.5. The Hall–Kier alpha value is -2.86. The first kappa shape index (κ1) is 18.5. The van der Waals surface area contributed by atoms with Crippen molar-refractivity contribution in [3.8, 4) is 0 Å². The molecule has 6 heteroatoms. The number of carbonyl (C=O) groups excluding carboxylic acids is 2. The maximum absolute atomic E-state index is 12.8. The Morgan fingerprint density at radius 2 is 1.75 bits per heavy atom. The Labute approximate surface area is 165 Å². The van der Waals surface area contributed by atoms with Gasteiger partial charge >= 0.3 is 0 Å². The van der Waals surface area contributed by atoms with Crippen LogP contribution in [0, 0.1) is 6.92 Å². The molecule has 0 saturated carbocycles. The van der Waals surface area contributed by atoms with E-state index >= 15 is 0 Å². The van der Waals surface area contributed by atoms with Gasteiger partial charge in [0.05, 0.1) is 6.54 Å². The van der Waals surface area contributed by atoms with Gasteiger partial charge in [-0.3, -0.25) is 14.5 Å². The van der Waals surface area contributed by atoms with Crippen LogP contribution in [0.5, 0.6) is 0 Å². The van der Waals surface area contributed by atoms with Crippen molar-refractivity contribution in [1.82, 2.24) is 9.80 Å². The number of nitrogens with two attached hydrogens (primary N) is 1. The zero-order chi connectivity index (χ0) is 19.7. The third kappa shape index (κ3) is 3.60. The van der Waals surface area contributed by atoms with Gasteiger partial charge in [-0.1, -0.05) is 24.3 Å². The van der Waals surface area contributed by atoms with E-state index in [0.717, 1.165) is 24.2 Å². The van der Waals surface area contributed by atoms with Gasteiger partial charge in [0.2, 0.25) is 5.91 Å². The van der Waals surface area contributed by atoms with Crippen LogP contribution in [-0.4, -0.2) is 60.9 Å². The highest BCUT2D eigenvalue weighted by Gasteiger charge is 2.28. The molecule has 0 aliphatic carbocycles. The van der Waals surface area contributed by atoms with E-state index in [1.165, 1.54) is 5.56 Å². The molecule has 6 nitrogen and oxygen atoms in total. The molecule has 2 aliphatic rings. The first-order valence-corrected chi connectivity index (χ1v) is 9.79. The lowest BCUT2D eigenvalue weighted by molar-refractivity contribution is -0.120. The van der Waals surface area contributed by atoms with Crippen molar-refractivity contribution in [2.45, 2.75) is 13.3 Å². The summed E-state index contributed by atoms with van der Waals surface area (Å²) in [6.45, 7) is 5.73. The number of nitrogen functional groups attached to an aromatic ring is 1. The smallest absolute Gasteiger partial charge is 0.254 e. The molecule has 28 heavy (non-hydrogen) atoms. The molecule has 2 aromatic rings. The SMILES string of the molecule is Cc1ccc(N)cc1C(=O)N1CCN(CC(=O)N2CCc3ccccc32)CC1. The summed E-state index contributed by atoms with van der Waals surface area (Å²) < 4.78 is 0. The summed E-state index contributed by atoms with van der Waals surface area (Å²) in [5.41, 5.74) is 10.3. The normalized spacial score (nSPS) is 16.9. The van der Waals surface area contributed by atoms with Crippen LogP contribution in [0.3, 0.4) is 0 Å². The summed E-state index contributed by atoms with van der Waals surface area (Å²) in [5, 5.41) is 0. The number of piperazine rings is 1. The minimum Gasteiger partial charge on any atom is -0.399 e. The van der Waals surface area contributed by atoms with Crippen molar-refractivity contribution in [2.24, 2.45) is 0 Å². The highest BCUT2D eigenvalue weighted by Crippen LogP contribution is 2.27. The number of rotatable bonds is 3. The second-order valence-corrected chi connectivity index (χ2v) is 7.57. The fourth-order valence-corrected chi connectivity index (χ4v) is 4.02. The second kappa shape index (κ2) is 7.64. The predicted octanol–water partition coefficient (Wildman–Crippen LogP) is 1.92. The van der Waals surface area contributed by atoms with Gasteiger partial charge in [-0.2, -0.15) is 0 Å². The van der Waals surface area contributed by atoms with Gasteiger partial charge < -0.3 is 15.5 Å². The highest BCUT2D eigenvalue weighted by atomic mass is 16.2. The van der Waals surface area contributed by atoms with E-state index in [-0.39, 0.29) is 11.8 Å². The lowest BCUT2D eigenvalue weighted by atomic mass is 10.1. The summed E-state index contributed by atoms with van der Waals surface area (Å²) in [5.74, 6) is 0.153. The quantitative estimate of drug-likeness (QED) is 0.829. The molecule has 0 atom stereocenters. The number of hydrogen-bond acceptors (Lipinski definition) is 4. The number of benzene rings is 2. The fraction of sp³-hybridized carbons (Fsp3) is 0.364. The largest absolute Gasteiger partial charge is 0.399 e. The van der Waals surface area contributed by atoms with Gasteiger partial charge in [-0.15, -0.1) is 0 Å². The van der Waals surface area contributed by atoms with Gasteiger partial charge in [0.25, 0.3) is 5.91 Å². The Morgan fingerprint density at radius 1 is 1.00 bits per heavy atom. The standard InChI is InChI=1S/C22H26N4O2/c1-16-6-7-18(23)14-19(16)22(28)25-12-10-24(11-13-25)15-21(27)26-9-8-17-4-2-3-5-20(17)26/h2-7,14H,8-13,15,23H2,1H3. The van der Waals surface area contributed by atoms with E-state index in [1.807, 2.05) is 47.1 Å². The second-order valence-electron chi connectivity index (χ2n) is 7.57. The molecule has 0 spiro atoms. The molecular weight excluding hydrogens is 352 g/mol. The number of fused-ring (bicyclic) bond motifs is 1. The first-order valence-electron chi connectivity index (χ1n) is 9.79. The molecule has 2 amide bonds. The predicted molar refractivity (Wildman–Crippen MR) is 110 cm³/mol. The number of para-hydroxylation sites is 1. The Morgan fingerprint density at radius 3 is 2.54 bits per heavy atom. The number of aryl methyl sites for hydroxylation is 1. The average molecular weight is 378 g/mol. The third-order valence-electron chi connectivity index (χ3n) is 5.70. The van der Waals surface area contributed by atoms with E-state index < -0.39 is 0 Å². The van der Waals surface area contributed by atoms with Crippen molar-refractivity contribution in [1.29, 1.82) is 0 Å². The van der Waals surface area contributed by atoms with Crippen LogP contribution in [0.2, 0.25) is 0 Å². The lowest BCUT2D eigenvalue weighted by Gasteiger charge is -2.35. The average Bonchev–Trinajstić information content (AvgIpc) is 3.14. The third-order valence-corrected chi connectivity index (χ3v) is 5.70. The summed E-state index contributed by atoms with van der Waals surface area (Å²) in [6.07, 6.45) is 0.920. The molecule has 1 saturated heterocycles. The first-order chi connectivity index (χ1) is 13.5. The molecular formula is C22H26N4O2. The Bertz CT molecular complexity index is 903. The van der Waals surface area contributed by atoms with Crippen LogP contribution in [-0.2, 0) is 11.2 Å². The molecule has 2 aliphatic heterocycles. The maximum Gasteiger partial charge on any atom is 0.254 e. The van der Waals surface area contributed by atoms with Crippen LogP contribution in [0.4, 0.5) is 11.4 Å². The van der Waals surface area contributed by atoms with E-state index in [2.05, 4.69) is 11.0 Å². The lowest BCUT2D eigenvalue weighted by Crippen LogP contribution is -2.51. The van der Waals surface area contributed by atoms with Gasteiger partial charge in [-0.25, -0.2) is 0 Å². The minimum absolute atomic E-state index is 0.0178. The summed E-state index contributed by atoms with van der Waals surface area (Å²) in [4.78, 5) is 31.5. The van der Waals surface area contributed by atoms with Crippen LogP contribution >= 0.6 is 0 Å². The van der Waals surface area contributed by atoms with Gasteiger partial charge in [0.15, 0.2) is 0 Å².